The van der Waals surface area contributed by atoms with Gasteiger partial charge in [0.2, 0.25) is 5.13 Å². The molecule has 0 amide bonds. The summed E-state index contributed by atoms with van der Waals surface area (Å²) < 4.78 is 5.94. The number of aryl methyl sites for hydroxylation is 2. The predicted molar refractivity (Wildman–Crippen MR) is 55.8 cm³/mol. The fourth-order valence-corrected chi connectivity index (χ4v) is 1.67. The van der Waals surface area contributed by atoms with Crippen LogP contribution in [0.25, 0.3) is 0 Å². The molecule has 0 aliphatic heterocycles. The Hall–Kier alpha value is -1.43. The first-order valence-corrected chi connectivity index (χ1v) is 5.15. The molecule has 0 saturated carbocycles. The van der Waals surface area contributed by atoms with Crippen molar-refractivity contribution in [2.45, 2.75) is 20.4 Å². The highest BCUT2D eigenvalue weighted by Crippen LogP contribution is 2.17. The lowest BCUT2D eigenvalue weighted by molar-refractivity contribution is 0.660. The van der Waals surface area contributed by atoms with E-state index in [1.54, 1.807) is 6.20 Å². The molecule has 2 heterocycles. The van der Waals surface area contributed by atoms with E-state index in [-0.39, 0.29) is 0 Å². The fourth-order valence-electron chi connectivity index (χ4n) is 1.07. The quantitative estimate of drug-likeness (QED) is 0.837. The maximum Gasteiger partial charge on any atom is 0.207 e. The van der Waals surface area contributed by atoms with Gasteiger partial charge in [0, 0.05) is 24.3 Å². The molecular formula is C8H11N5S. The van der Waals surface area contributed by atoms with E-state index in [2.05, 4.69) is 19.8 Å². The molecule has 0 aliphatic carbocycles. The number of nitrogens with one attached hydrogen (secondary N) is 1. The summed E-state index contributed by atoms with van der Waals surface area (Å²) >= 11 is 1.35. The molecule has 0 spiro atoms. The minimum absolute atomic E-state index is 0.792. The monoisotopic (exact) mass is 209 g/mol. The molecule has 1 N–H and O–H groups in total. The van der Waals surface area contributed by atoms with Gasteiger partial charge in [0.1, 0.15) is 5.82 Å². The van der Waals surface area contributed by atoms with E-state index in [1.807, 2.05) is 24.7 Å². The molecule has 14 heavy (non-hydrogen) atoms. The first kappa shape index (κ1) is 9.14. The predicted octanol–water partition coefficient (Wildman–Crippen LogP) is 1.81. The highest BCUT2D eigenvalue weighted by atomic mass is 32.1. The molecule has 5 nitrogen and oxygen atoms in total. The van der Waals surface area contributed by atoms with Crippen LogP contribution in [0.15, 0.2) is 12.4 Å². The minimum Gasteiger partial charge on any atom is -0.328 e. The summed E-state index contributed by atoms with van der Waals surface area (Å²) in [6, 6.07) is 0. The van der Waals surface area contributed by atoms with Crippen LogP contribution in [0.5, 0.6) is 0 Å². The molecule has 0 aliphatic rings. The van der Waals surface area contributed by atoms with Gasteiger partial charge in [0.05, 0.1) is 11.9 Å². The zero-order valence-electron chi connectivity index (χ0n) is 8.06. The number of nitrogens with zero attached hydrogens (tertiary/aromatic N) is 4. The summed E-state index contributed by atoms with van der Waals surface area (Å²) in [5, 5.41) is 8.09. The summed E-state index contributed by atoms with van der Waals surface area (Å²) in [7, 11) is 0. The van der Waals surface area contributed by atoms with Crippen molar-refractivity contribution in [3.63, 3.8) is 0 Å². The zero-order valence-corrected chi connectivity index (χ0v) is 8.88. The first-order chi connectivity index (χ1) is 6.78. The molecule has 0 atom stereocenters. The molecule has 2 aromatic rings. The van der Waals surface area contributed by atoms with E-state index in [4.69, 9.17) is 0 Å². The van der Waals surface area contributed by atoms with Gasteiger partial charge < -0.3 is 5.32 Å². The lowest BCUT2D eigenvalue weighted by Gasteiger charge is -1.95. The molecule has 2 rings (SSSR count). The second-order valence-electron chi connectivity index (χ2n) is 2.86. The Labute approximate surface area is 86.0 Å². The summed E-state index contributed by atoms with van der Waals surface area (Å²) in [5.41, 5.74) is 0.947. The van der Waals surface area contributed by atoms with Crippen LogP contribution in [0.2, 0.25) is 0 Å². The van der Waals surface area contributed by atoms with E-state index in [0.29, 0.717) is 0 Å². The van der Waals surface area contributed by atoms with Crippen LogP contribution >= 0.6 is 11.5 Å². The lowest BCUT2D eigenvalue weighted by atomic mass is 10.6. The molecule has 6 heteroatoms. The normalized spacial score (nSPS) is 10.4. The summed E-state index contributed by atoms with van der Waals surface area (Å²) in [6.07, 6.45) is 3.72. The van der Waals surface area contributed by atoms with Crippen molar-refractivity contribution in [3.05, 3.63) is 18.2 Å². The van der Waals surface area contributed by atoms with Crippen LogP contribution in [0.3, 0.4) is 0 Å². The Morgan fingerprint density at radius 1 is 1.57 bits per heavy atom. The summed E-state index contributed by atoms with van der Waals surface area (Å²) in [6.45, 7) is 4.79. The second-order valence-corrected chi connectivity index (χ2v) is 3.61. The number of aromatic nitrogens is 4. The zero-order chi connectivity index (χ0) is 9.97. The number of hydrogen-bond acceptors (Lipinski definition) is 5. The smallest absolute Gasteiger partial charge is 0.207 e. The molecular weight excluding hydrogens is 198 g/mol. The first-order valence-electron chi connectivity index (χ1n) is 4.37. The molecule has 0 saturated heterocycles. The standard InChI is InChI=1S/C8H11N5S/c1-3-13-5-7(4-9-13)11-8-10-6(2)12-14-8/h4-5H,3H2,1-2H3,(H,10,11,12). The largest absolute Gasteiger partial charge is 0.328 e. The van der Waals surface area contributed by atoms with Gasteiger partial charge in [-0.05, 0) is 13.8 Å². The van der Waals surface area contributed by atoms with Gasteiger partial charge in [-0.1, -0.05) is 0 Å². The van der Waals surface area contributed by atoms with Crippen LogP contribution in [0.1, 0.15) is 12.7 Å². The highest BCUT2D eigenvalue weighted by Gasteiger charge is 2.01. The SMILES string of the molecule is CCn1cc(Nc2nc(C)ns2)cn1. The van der Waals surface area contributed by atoms with Gasteiger partial charge in [-0.2, -0.15) is 9.47 Å². The van der Waals surface area contributed by atoms with Gasteiger partial charge in [-0.15, -0.1) is 0 Å². The second kappa shape index (κ2) is 3.75. The maximum absolute atomic E-state index is 4.20. The van der Waals surface area contributed by atoms with Gasteiger partial charge in [0.15, 0.2) is 0 Å². The van der Waals surface area contributed by atoms with Crippen molar-refractivity contribution >= 4 is 22.4 Å². The third kappa shape index (κ3) is 1.90. The van der Waals surface area contributed by atoms with Crippen molar-refractivity contribution in [2.24, 2.45) is 0 Å². The fraction of sp³-hybridized carbons (Fsp3) is 0.375. The van der Waals surface area contributed by atoms with E-state index < -0.39 is 0 Å². The Balaban J connectivity index is 2.10. The van der Waals surface area contributed by atoms with E-state index in [1.165, 1.54) is 11.5 Å². The lowest BCUT2D eigenvalue weighted by Crippen LogP contribution is -1.92. The Morgan fingerprint density at radius 3 is 3.00 bits per heavy atom. The topological polar surface area (TPSA) is 55.6 Å². The van der Waals surface area contributed by atoms with E-state index in [0.717, 1.165) is 23.2 Å². The van der Waals surface area contributed by atoms with Crippen molar-refractivity contribution in [3.8, 4) is 0 Å². The maximum atomic E-state index is 4.20. The molecule has 0 aromatic carbocycles. The number of rotatable bonds is 3. The molecule has 0 fully saturated rings. The number of hydrogen-bond donors (Lipinski definition) is 1. The van der Waals surface area contributed by atoms with Crippen LogP contribution in [-0.4, -0.2) is 19.1 Å². The molecule has 2 aromatic heterocycles. The number of anilines is 2. The highest BCUT2D eigenvalue weighted by molar-refractivity contribution is 7.09. The van der Waals surface area contributed by atoms with Gasteiger partial charge in [-0.3, -0.25) is 4.68 Å². The van der Waals surface area contributed by atoms with E-state index >= 15 is 0 Å². The molecule has 74 valence electrons. The van der Waals surface area contributed by atoms with Crippen LogP contribution in [0.4, 0.5) is 10.8 Å². The van der Waals surface area contributed by atoms with Crippen molar-refractivity contribution in [1.29, 1.82) is 0 Å². The molecule has 0 bridgehead atoms. The van der Waals surface area contributed by atoms with E-state index in [9.17, 15) is 0 Å². The van der Waals surface area contributed by atoms with Crippen LogP contribution in [0, 0.1) is 6.92 Å². The minimum atomic E-state index is 0.792. The van der Waals surface area contributed by atoms with Crippen molar-refractivity contribution in [1.82, 2.24) is 19.1 Å². The third-order valence-electron chi connectivity index (χ3n) is 1.74. The molecule has 0 radical (unpaired) electrons. The molecule has 0 unspecified atom stereocenters. The van der Waals surface area contributed by atoms with Crippen molar-refractivity contribution < 1.29 is 0 Å². The third-order valence-corrected chi connectivity index (χ3v) is 2.46. The summed E-state index contributed by atoms with van der Waals surface area (Å²) in [4.78, 5) is 4.20. The Bertz CT molecular complexity index is 419. The average molecular weight is 209 g/mol. The van der Waals surface area contributed by atoms with Crippen LogP contribution in [-0.2, 0) is 6.54 Å². The Morgan fingerprint density at radius 2 is 2.43 bits per heavy atom. The van der Waals surface area contributed by atoms with Gasteiger partial charge in [-0.25, -0.2) is 4.98 Å². The van der Waals surface area contributed by atoms with Gasteiger partial charge >= 0.3 is 0 Å². The Kier molecular flexibility index (Phi) is 2.45. The summed E-state index contributed by atoms with van der Waals surface area (Å²) in [5.74, 6) is 0.792. The van der Waals surface area contributed by atoms with Crippen molar-refractivity contribution in [2.75, 3.05) is 5.32 Å². The van der Waals surface area contributed by atoms with Crippen LogP contribution < -0.4 is 5.32 Å². The average Bonchev–Trinajstić information content (AvgIpc) is 2.76. The van der Waals surface area contributed by atoms with Gasteiger partial charge in [0.25, 0.3) is 0 Å².